The topological polar surface area (TPSA) is 28.5 Å². The minimum absolute atomic E-state index is 0.955. The summed E-state index contributed by atoms with van der Waals surface area (Å²) in [5.41, 5.74) is 2.41. The van der Waals surface area contributed by atoms with Gasteiger partial charge in [-0.05, 0) is 31.5 Å². The molecule has 0 N–H and O–H groups in total. The number of rotatable bonds is 1. The van der Waals surface area contributed by atoms with Gasteiger partial charge in [0.25, 0.3) is 0 Å². The normalized spacial score (nSPS) is 16.2. The predicted molar refractivity (Wildman–Crippen MR) is 54.0 cm³/mol. The van der Waals surface area contributed by atoms with Crippen LogP contribution in [0.15, 0.2) is 23.4 Å². The second-order valence-corrected chi connectivity index (χ2v) is 3.40. The van der Waals surface area contributed by atoms with Crippen molar-refractivity contribution in [2.75, 3.05) is 11.6 Å². The quantitative estimate of drug-likeness (QED) is 0.653. The Morgan fingerprint density at radius 1 is 1.38 bits per heavy atom. The highest BCUT2D eigenvalue weighted by Crippen LogP contribution is 2.16. The lowest BCUT2D eigenvalue weighted by atomic mass is 10.3. The summed E-state index contributed by atoms with van der Waals surface area (Å²) in [5, 5.41) is 6.35. The lowest BCUT2D eigenvalue weighted by Crippen LogP contribution is -2.13. The Morgan fingerprint density at radius 3 is 2.85 bits per heavy atom. The number of aromatic nitrogens is 1. The van der Waals surface area contributed by atoms with Crippen LogP contribution < -0.4 is 5.01 Å². The van der Waals surface area contributed by atoms with Crippen molar-refractivity contribution in [1.29, 1.82) is 0 Å². The molecule has 0 amide bonds. The first-order valence-electron chi connectivity index (χ1n) is 4.50. The summed E-state index contributed by atoms with van der Waals surface area (Å²) in [6.45, 7) is 5.08. The molecule has 68 valence electrons. The molecule has 1 aromatic heterocycles. The number of nitrogens with zero attached hydrogens (tertiary/aromatic N) is 3. The molecule has 13 heavy (non-hydrogen) atoms. The van der Waals surface area contributed by atoms with E-state index in [2.05, 4.69) is 30.0 Å². The SMILES string of the molecule is CC1=NN(c2cc(C)ccn2)CC1. The van der Waals surface area contributed by atoms with Crippen LogP contribution in [0, 0.1) is 6.92 Å². The number of anilines is 1. The molecule has 0 fully saturated rings. The lowest BCUT2D eigenvalue weighted by molar-refractivity contribution is 0.894. The largest absolute Gasteiger partial charge is 0.248 e. The molecule has 3 nitrogen and oxygen atoms in total. The smallest absolute Gasteiger partial charge is 0.148 e. The molecule has 0 saturated heterocycles. The minimum Gasteiger partial charge on any atom is -0.248 e. The van der Waals surface area contributed by atoms with Gasteiger partial charge >= 0.3 is 0 Å². The average Bonchev–Trinajstić information content (AvgIpc) is 2.52. The van der Waals surface area contributed by atoms with Gasteiger partial charge < -0.3 is 0 Å². The van der Waals surface area contributed by atoms with E-state index in [1.807, 2.05) is 17.3 Å². The zero-order valence-electron chi connectivity index (χ0n) is 7.99. The van der Waals surface area contributed by atoms with Crippen LogP contribution in [-0.2, 0) is 0 Å². The van der Waals surface area contributed by atoms with Crippen molar-refractivity contribution >= 4 is 11.5 Å². The van der Waals surface area contributed by atoms with Gasteiger partial charge in [-0.15, -0.1) is 0 Å². The molecule has 0 saturated carbocycles. The summed E-state index contributed by atoms with van der Waals surface area (Å²) in [5.74, 6) is 0.955. The van der Waals surface area contributed by atoms with Gasteiger partial charge in [0.05, 0.1) is 0 Å². The standard InChI is InChI=1S/C10H13N3/c1-8-3-5-11-10(7-8)13-6-4-9(2)12-13/h3,5,7H,4,6H2,1-2H3. The fraction of sp³-hybridized carbons (Fsp3) is 0.400. The zero-order chi connectivity index (χ0) is 9.26. The maximum absolute atomic E-state index is 4.39. The fourth-order valence-electron chi connectivity index (χ4n) is 1.40. The fourth-order valence-corrected chi connectivity index (χ4v) is 1.40. The van der Waals surface area contributed by atoms with E-state index in [4.69, 9.17) is 0 Å². The highest BCUT2D eigenvalue weighted by atomic mass is 15.5. The molecule has 0 aromatic carbocycles. The van der Waals surface area contributed by atoms with Gasteiger partial charge in [-0.1, -0.05) is 0 Å². The van der Waals surface area contributed by atoms with E-state index < -0.39 is 0 Å². The Labute approximate surface area is 78.1 Å². The monoisotopic (exact) mass is 175 g/mol. The van der Waals surface area contributed by atoms with E-state index in [9.17, 15) is 0 Å². The van der Waals surface area contributed by atoms with Crippen molar-refractivity contribution in [2.24, 2.45) is 5.10 Å². The molecule has 0 unspecified atom stereocenters. The molecule has 0 radical (unpaired) electrons. The van der Waals surface area contributed by atoms with E-state index in [0.717, 1.165) is 18.8 Å². The van der Waals surface area contributed by atoms with Gasteiger partial charge in [-0.3, -0.25) is 0 Å². The zero-order valence-corrected chi connectivity index (χ0v) is 7.99. The van der Waals surface area contributed by atoms with Crippen molar-refractivity contribution in [3.8, 4) is 0 Å². The minimum atomic E-state index is 0.955. The van der Waals surface area contributed by atoms with E-state index >= 15 is 0 Å². The Hall–Kier alpha value is -1.38. The van der Waals surface area contributed by atoms with E-state index in [1.54, 1.807) is 0 Å². The first kappa shape index (κ1) is 8.23. The van der Waals surface area contributed by atoms with Crippen LogP contribution in [0.25, 0.3) is 0 Å². The molecule has 1 aliphatic rings. The molecule has 0 atom stereocenters. The molecular weight excluding hydrogens is 162 g/mol. The second-order valence-electron chi connectivity index (χ2n) is 3.40. The maximum Gasteiger partial charge on any atom is 0.148 e. The summed E-state index contributed by atoms with van der Waals surface area (Å²) in [4.78, 5) is 4.27. The molecule has 2 heterocycles. The number of hydrogen-bond donors (Lipinski definition) is 0. The van der Waals surface area contributed by atoms with E-state index in [0.29, 0.717) is 0 Å². The van der Waals surface area contributed by atoms with Gasteiger partial charge in [-0.2, -0.15) is 5.10 Å². The summed E-state index contributed by atoms with van der Waals surface area (Å²) in [6, 6.07) is 4.05. The van der Waals surface area contributed by atoms with Crippen LogP contribution in [-0.4, -0.2) is 17.2 Å². The van der Waals surface area contributed by atoms with Gasteiger partial charge in [0.2, 0.25) is 0 Å². The van der Waals surface area contributed by atoms with E-state index in [-0.39, 0.29) is 0 Å². The van der Waals surface area contributed by atoms with Crippen molar-refractivity contribution < 1.29 is 0 Å². The number of hydrogen-bond acceptors (Lipinski definition) is 3. The molecular formula is C10H13N3. The van der Waals surface area contributed by atoms with Crippen LogP contribution in [0.5, 0.6) is 0 Å². The summed E-state index contributed by atoms with van der Waals surface area (Å²) in [6.07, 6.45) is 2.88. The summed E-state index contributed by atoms with van der Waals surface area (Å²) in [7, 11) is 0. The highest BCUT2D eigenvalue weighted by molar-refractivity contribution is 5.85. The Kier molecular flexibility index (Phi) is 2.00. The molecule has 3 heteroatoms. The first-order valence-corrected chi connectivity index (χ1v) is 4.50. The van der Waals surface area contributed by atoms with Crippen molar-refractivity contribution in [3.63, 3.8) is 0 Å². The molecule has 0 aliphatic carbocycles. The van der Waals surface area contributed by atoms with Crippen LogP contribution in [0.3, 0.4) is 0 Å². The molecule has 0 bridgehead atoms. The second kappa shape index (κ2) is 3.17. The Morgan fingerprint density at radius 2 is 2.23 bits per heavy atom. The number of aryl methyl sites for hydroxylation is 1. The van der Waals surface area contributed by atoms with Gasteiger partial charge in [0.15, 0.2) is 0 Å². The summed E-state index contributed by atoms with van der Waals surface area (Å²) < 4.78 is 0. The van der Waals surface area contributed by atoms with Gasteiger partial charge in [-0.25, -0.2) is 9.99 Å². The molecule has 2 rings (SSSR count). The molecule has 1 aromatic rings. The van der Waals surface area contributed by atoms with Crippen molar-refractivity contribution in [2.45, 2.75) is 20.3 Å². The summed E-state index contributed by atoms with van der Waals surface area (Å²) >= 11 is 0. The van der Waals surface area contributed by atoms with Gasteiger partial charge in [0, 0.05) is 24.9 Å². The third kappa shape index (κ3) is 1.69. The Balaban J connectivity index is 2.26. The van der Waals surface area contributed by atoms with Gasteiger partial charge in [0.1, 0.15) is 5.82 Å². The Bertz CT molecular complexity index is 344. The van der Waals surface area contributed by atoms with Crippen LogP contribution in [0.4, 0.5) is 5.82 Å². The third-order valence-corrected chi connectivity index (χ3v) is 2.14. The predicted octanol–water partition coefficient (Wildman–Crippen LogP) is 1.98. The highest BCUT2D eigenvalue weighted by Gasteiger charge is 2.13. The third-order valence-electron chi connectivity index (χ3n) is 2.14. The first-order chi connectivity index (χ1) is 6.25. The van der Waals surface area contributed by atoms with E-state index in [1.165, 1.54) is 11.3 Å². The molecule has 1 aliphatic heterocycles. The molecule has 0 spiro atoms. The number of hydrazone groups is 1. The van der Waals surface area contributed by atoms with Crippen molar-refractivity contribution in [1.82, 2.24) is 4.98 Å². The van der Waals surface area contributed by atoms with Crippen LogP contribution >= 0.6 is 0 Å². The average molecular weight is 175 g/mol. The number of pyridine rings is 1. The maximum atomic E-state index is 4.39. The van der Waals surface area contributed by atoms with Crippen LogP contribution in [0.1, 0.15) is 18.9 Å². The van der Waals surface area contributed by atoms with Crippen LogP contribution in [0.2, 0.25) is 0 Å². The lowest BCUT2D eigenvalue weighted by Gasteiger charge is -2.11. The van der Waals surface area contributed by atoms with Crippen molar-refractivity contribution in [3.05, 3.63) is 23.9 Å².